The number of amides is 1. The van der Waals surface area contributed by atoms with Crippen LogP contribution < -0.4 is 9.64 Å². The van der Waals surface area contributed by atoms with Crippen LogP contribution in [-0.2, 0) is 5.41 Å². The van der Waals surface area contributed by atoms with Gasteiger partial charge in [-0.25, -0.2) is 4.98 Å². The first kappa shape index (κ1) is 18.7. The topological polar surface area (TPSA) is 45.7 Å². The van der Waals surface area contributed by atoms with Crippen molar-refractivity contribution in [1.29, 1.82) is 0 Å². The number of piperazine rings is 1. The molecule has 0 saturated carbocycles. The van der Waals surface area contributed by atoms with E-state index in [1.54, 1.807) is 7.11 Å². The number of carbonyl (C=O) groups is 1. The van der Waals surface area contributed by atoms with Gasteiger partial charge in [0.2, 0.25) is 0 Å². The van der Waals surface area contributed by atoms with Gasteiger partial charge < -0.3 is 14.5 Å². The second-order valence-corrected chi connectivity index (χ2v) is 8.66. The molecule has 1 saturated heterocycles. The van der Waals surface area contributed by atoms with Crippen molar-refractivity contribution in [2.45, 2.75) is 33.1 Å². The Hall–Kier alpha value is -2.08. The monoisotopic (exact) mass is 373 g/mol. The van der Waals surface area contributed by atoms with Crippen LogP contribution in [0.25, 0.3) is 0 Å². The maximum absolute atomic E-state index is 12.9. The number of aryl methyl sites for hydroxylation is 1. The summed E-state index contributed by atoms with van der Waals surface area (Å²) in [6.45, 7) is 11.5. The lowest BCUT2D eigenvalue weighted by atomic mass is 9.98. The van der Waals surface area contributed by atoms with Crippen LogP contribution in [0.3, 0.4) is 0 Å². The lowest BCUT2D eigenvalue weighted by molar-refractivity contribution is 0.0750. The molecule has 1 aliphatic rings. The van der Waals surface area contributed by atoms with Crippen LogP contribution in [-0.4, -0.2) is 49.1 Å². The number of anilines is 1. The highest BCUT2D eigenvalue weighted by molar-refractivity contribution is 7.14. The Bertz CT molecular complexity index is 769. The largest absolute Gasteiger partial charge is 0.497 e. The molecule has 0 N–H and O–H groups in total. The van der Waals surface area contributed by atoms with Crippen LogP contribution in [0.15, 0.2) is 24.3 Å². The third kappa shape index (κ3) is 3.85. The van der Waals surface area contributed by atoms with Gasteiger partial charge in [0.05, 0.1) is 17.8 Å². The Kier molecular flexibility index (Phi) is 5.23. The van der Waals surface area contributed by atoms with Gasteiger partial charge in [0.25, 0.3) is 5.91 Å². The predicted molar refractivity (Wildman–Crippen MR) is 107 cm³/mol. The normalized spacial score (nSPS) is 15.3. The van der Waals surface area contributed by atoms with Gasteiger partial charge in [0, 0.05) is 37.3 Å². The highest BCUT2D eigenvalue weighted by atomic mass is 32.1. The van der Waals surface area contributed by atoms with E-state index < -0.39 is 0 Å². The summed E-state index contributed by atoms with van der Waals surface area (Å²) in [5, 5.41) is 1.02. The Labute approximate surface area is 159 Å². The molecule has 2 heterocycles. The van der Waals surface area contributed by atoms with Crippen molar-refractivity contribution in [3.05, 3.63) is 39.8 Å². The molecule has 1 aliphatic heterocycles. The Morgan fingerprint density at radius 1 is 1.12 bits per heavy atom. The zero-order valence-electron chi connectivity index (χ0n) is 16.2. The van der Waals surface area contributed by atoms with Gasteiger partial charge in [-0.1, -0.05) is 20.8 Å². The van der Waals surface area contributed by atoms with E-state index in [9.17, 15) is 4.79 Å². The van der Waals surface area contributed by atoms with Crippen molar-refractivity contribution >= 4 is 22.9 Å². The molecule has 0 bridgehead atoms. The van der Waals surface area contributed by atoms with Crippen LogP contribution in [0, 0.1) is 6.92 Å². The van der Waals surface area contributed by atoms with Gasteiger partial charge in [0.15, 0.2) is 0 Å². The molecule has 0 radical (unpaired) electrons. The molecule has 26 heavy (non-hydrogen) atoms. The summed E-state index contributed by atoms with van der Waals surface area (Å²) in [7, 11) is 1.67. The molecule has 2 aromatic rings. The SMILES string of the molecule is COc1ccc(N2CCN(C(=O)c3sc(C(C)(C)C)nc3C)CC2)cc1. The number of nitrogens with zero attached hydrogens (tertiary/aromatic N) is 3. The van der Waals surface area contributed by atoms with Gasteiger partial charge in [-0.05, 0) is 31.2 Å². The fourth-order valence-electron chi connectivity index (χ4n) is 3.02. The highest BCUT2D eigenvalue weighted by Crippen LogP contribution is 2.30. The fraction of sp³-hybridized carbons (Fsp3) is 0.500. The molecule has 5 nitrogen and oxygen atoms in total. The summed E-state index contributed by atoms with van der Waals surface area (Å²) in [4.78, 5) is 22.6. The smallest absolute Gasteiger partial charge is 0.265 e. The third-order valence-electron chi connectivity index (χ3n) is 4.64. The number of hydrogen-bond donors (Lipinski definition) is 0. The Balaban J connectivity index is 1.66. The van der Waals surface area contributed by atoms with Crippen LogP contribution in [0.4, 0.5) is 5.69 Å². The predicted octanol–water partition coefficient (Wildman–Crippen LogP) is 3.72. The van der Waals surface area contributed by atoms with Crippen molar-refractivity contribution in [2.24, 2.45) is 0 Å². The summed E-state index contributed by atoms with van der Waals surface area (Å²) in [5.41, 5.74) is 1.99. The van der Waals surface area contributed by atoms with Gasteiger partial charge in [-0.3, -0.25) is 4.79 Å². The Morgan fingerprint density at radius 3 is 2.23 bits per heavy atom. The van der Waals surface area contributed by atoms with E-state index in [2.05, 4.69) is 42.8 Å². The molecule has 1 aromatic heterocycles. The average Bonchev–Trinajstić information content (AvgIpc) is 3.03. The van der Waals surface area contributed by atoms with Crippen molar-refractivity contribution in [1.82, 2.24) is 9.88 Å². The summed E-state index contributed by atoms with van der Waals surface area (Å²) in [6, 6.07) is 8.08. The molecule has 0 atom stereocenters. The molecule has 1 aromatic carbocycles. The maximum atomic E-state index is 12.9. The van der Waals surface area contributed by atoms with E-state index in [4.69, 9.17) is 4.74 Å². The molecule has 0 spiro atoms. The summed E-state index contributed by atoms with van der Waals surface area (Å²) in [5.74, 6) is 0.975. The molecule has 1 fully saturated rings. The number of rotatable bonds is 3. The standard InChI is InChI=1S/C20H27N3O2S/c1-14-17(26-19(21-14)20(2,3)4)18(24)23-12-10-22(11-13-23)15-6-8-16(25-5)9-7-15/h6-9H,10-13H2,1-5H3. The summed E-state index contributed by atoms with van der Waals surface area (Å²) >= 11 is 1.54. The number of hydrogen-bond acceptors (Lipinski definition) is 5. The quantitative estimate of drug-likeness (QED) is 0.823. The first-order chi connectivity index (χ1) is 12.3. The fourth-order valence-corrected chi connectivity index (χ4v) is 4.11. The first-order valence-corrected chi connectivity index (χ1v) is 9.77. The van der Waals surface area contributed by atoms with Crippen molar-refractivity contribution in [3.8, 4) is 5.75 Å². The van der Waals surface area contributed by atoms with Crippen molar-refractivity contribution < 1.29 is 9.53 Å². The molecule has 3 rings (SSSR count). The summed E-state index contributed by atoms with van der Waals surface area (Å²) in [6.07, 6.45) is 0. The van der Waals surface area contributed by atoms with E-state index >= 15 is 0 Å². The van der Waals surface area contributed by atoms with E-state index in [0.29, 0.717) is 0 Å². The number of ether oxygens (including phenoxy) is 1. The molecular weight excluding hydrogens is 346 g/mol. The molecule has 6 heteroatoms. The van der Waals surface area contributed by atoms with Gasteiger partial charge in [-0.2, -0.15) is 0 Å². The zero-order chi connectivity index (χ0) is 18.9. The van der Waals surface area contributed by atoms with E-state index in [1.165, 1.54) is 17.0 Å². The van der Waals surface area contributed by atoms with Crippen LogP contribution in [0.5, 0.6) is 5.75 Å². The average molecular weight is 374 g/mol. The lowest BCUT2D eigenvalue weighted by Crippen LogP contribution is -2.48. The third-order valence-corrected chi connectivity index (χ3v) is 6.21. The number of carbonyl (C=O) groups excluding carboxylic acids is 1. The van der Waals surface area contributed by atoms with Crippen LogP contribution in [0.1, 0.15) is 41.1 Å². The maximum Gasteiger partial charge on any atom is 0.265 e. The molecular formula is C20H27N3O2S. The first-order valence-electron chi connectivity index (χ1n) is 8.96. The van der Waals surface area contributed by atoms with Crippen LogP contribution in [0.2, 0.25) is 0 Å². The molecule has 0 aliphatic carbocycles. The highest BCUT2D eigenvalue weighted by Gasteiger charge is 2.28. The molecule has 1 amide bonds. The van der Waals surface area contributed by atoms with Crippen molar-refractivity contribution in [2.75, 3.05) is 38.2 Å². The summed E-state index contributed by atoms with van der Waals surface area (Å²) < 4.78 is 5.21. The van der Waals surface area contributed by atoms with Gasteiger partial charge in [-0.15, -0.1) is 11.3 Å². The van der Waals surface area contributed by atoms with Gasteiger partial charge >= 0.3 is 0 Å². The lowest BCUT2D eigenvalue weighted by Gasteiger charge is -2.36. The van der Waals surface area contributed by atoms with Gasteiger partial charge in [0.1, 0.15) is 10.6 Å². The van der Waals surface area contributed by atoms with Crippen LogP contribution >= 0.6 is 11.3 Å². The second kappa shape index (κ2) is 7.27. The number of thiazole rings is 1. The molecule has 140 valence electrons. The second-order valence-electron chi connectivity index (χ2n) is 7.66. The van der Waals surface area contributed by atoms with E-state index in [1.807, 2.05) is 24.0 Å². The number of aromatic nitrogens is 1. The Morgan fingerprint density at radius 2 is 1.73 bits per heavy atom. The number of methoxy groups -OCH3 is 1. The van der Waals surface area contributed by atoms with E-state index in [-0.39, 0.29) is 11.3 Å². The zero-order valence-corrected chi connectivity index (χ0v) is 17.0. The minimum atomic E-state index is -0.0268. The minimum Gasteiger partial charge on any atom is -0.497 e. The minimum absolute atomic E-state index is 0.0268. The van der Waals surface area contributed by atoms with Crippen molar-refractivity contribution in [3.63, 3.8) is 0 Å². The number of benzene rings is 1. The molecule has 0 unspecified atom stereocenters. The van der Waals surface area contributed by atoms with E-state index in [0.717, 1.165) is 47.5 Å².